The summed E-state index contributed by atoms with van der Waals surface area (Å²) in [6.45, 7) is 0. The molecule has 0 amide bonds. The topological polar surface area (TPSA) is 326 Å². The molecule has 0 aliphatic heterocycles. The van der Waals surface area contributed by atoms with Gasteiger partial charge in [0.1, 0.15) is 0 Å². The van der Waals surface area contributed by atoms with Crippen molar-refractivity contribution < 1.29 is 103 Å². The molecular formula is Al2Fe2O15S3. The van der Waals surface area contributed by atoms with Crippen molar-refractivity contribution >= 4 is 65.9 Å². The van der Waals surface area contributed by atoms with Gasteiger partial charge in [0.05, 0.1) is 0 Å². The van der Waals surface area contributed by atoms with Crippen molar-refractivity contribution in [1.29, 1.82) is 0 Å². The van der Waals surface area contributed by atoms with Crippen LogP contribution in [-0.4, -0.2) is 87.3 Å². The van der Waals surface area contributed by atoms with Gasteiger partial charge in [0, 0.05) is 31.2 Å². The first-order chi connectivity index (χ1) is 6.00. The summed E-state index contributed by atoms with van der Waals surface area (Å²) in [5.74, 6) is 0. The minimum atomic E-state index is -5.17. The van der Waals surface area contributed by atoms with Gasteiger partial charge in [-0.15, -0.1) is 0 Å². The van der Waals surface area contributed by atoms with Gasteiger partial charge in [0.2, 0.25) is 0 Å². The second kappa shape index (κ2) is 27.4. The quantitative estimate of drug-likeness (QED) is 0.171. The first-order valence-corrected chi connectivity index (χ1v) is 6.00. The van der Waals surface area contributed by atoms with E-state index in [9.17, 15) is 0 Å². The average molecular weight is 502 g/mol. The summed E-state index contributed by atoms with van der Waals surface area (Å²) in [4.78, 5) is 0. The second-order valence-corrected chi connectivity index (χ2v) is 3.67. The minimum Gasteiger partial charge on any atom is -2.00 e. The van der Waals surface area contributed by atoms with Crippen molar-refractivity contribution in [2.24, 2.45) is 0 Å². The Morgan fingerprint density at radius 3 is 0.409 bits per heavy atom. The Morgan fingerprint density at radius 1 is 0.409 bits per heavy atom. The minimum absolute atomic E-state index is 0. The fraction of sp³-hybridized carbons (Fsp3) is 0. The van der Waals surface area contributed by atoms with E-state index in [0.29, 0.717) is 0 Å². The maximum absolute atomic E-state index is 8.52. The smallest absolute Gasteiger partial charge is 2.00 e. The summed E-state index contributed by atoms with van der Waals surface area (Å²) in [7, 11) is -15.5. The molecule has 0 aliphatic rings. The molecule has 2 radical (unpaired) electrons. The third-order valence-electron chi connectivity index (χ3n) is 0. The standard InChI is InChI=1S/2Al.2Fe.3H2O4S.3O/c;;;;3*1-5(2,3)4;;;/h;;;;3*(H2,1,2,3,4);;;/q4*+3;;;;3*-2/p-6. The van der Waals surface area contributed by atoms with Crippen LogP contribution in [0.15, 0.2) is 0 Å². The molecule has 0 rings (SSSR count). The van der Waals surface area contributed by atoms with Crippen LogP contribution in [0.1, 0.15) is 0 Å². The molecular weight excluding hydrogens is 502 g/mol. The molecule has 0 saturated carbocycles. The van der Waals surface area contributed by atoms with Gasteiger partial charge in [-0.05, 0) is 0 Å². The van der Waals surface area contributed by atoms with Gasteiger partial charge in [0.25, 0.3) is 0 Å². The van der Waals surface area contributed by atoms with Crippen molar-refractivity contribution in [2.75, 3.05) is 0 Å². The van der Waals surface area contributed by atoms with E-state index in [2.05, 4.69) is 0 Å². The summed E-state index contributed by atoms with van der Waals surface area (Å²) in [5, 5.41) is 0. The van der Waals surface area contributed by atoms with E-state index in [1.165, 1.54) is 0 Å². The molecule has 22 heavy (non-hydrogen) atoms. The molecule has 0 atom stereocenters. The van der Waals surface area contributed by atoms with Crippen LogP contribution >= 0.6 is 0 Å². The zero-order chi connectivity index (χ0) is 13.5. The molecule has 15 nitrogen and oxygen atoms in total. The Kier molecular flexibility index (Phi) is 81.3. The predicted molar refractivity (Wildman–Crippen MR) is 45.0 cm³/mol. The fourth-order valence-electron chi connectivity index (χ4n) is 0. The molecule has 0 fully saturated rings. The third-order valence-corrected chi connectivity index (χ3v) is 0. The molecule has 0 aromatic rings. The van der Waals surface area contributed by atoms with E-state index in [1.54, 1.807) is 0 Å². The predicted octanol–water partition coefficient (Wildman–Crippen LogP) is -5.14. The SMILES string of the molecule is O=S(=O)([O-])[O-].O=S(=O)([O-])[O-].O=S(=O)([O-])[O-].[Al+3].[Al+3].[Fe+3].[Fe+3].[O-2].[O-2].[O-2]. The molecule has 0 N–H and O–H groups in total. The van der Waals surface area contributed by atoms with Crippen LogP contribution in [0.3, 0.4) is 0 Å². The van der Waals surface area contributed by atoms with E-state index in [1.807, 2.05) is 0 Å². The molecule has 0 heterocycles. The number of hydrogen-bond acceptors (Lipinski definition) is 12. The Hall–Kier alpha value is 1.59. The van der Waals surface area contributed by atoms with Crippen LogP contribution in [-0.2, 0) is 81.8 Å². The molecule has 22 heteroatoms. The van der Waals surface area contributed by atoms with Crippen molar-refractivity contribution in [3.63, 3.8) is 0 Å². The van der Waals surface area contributed by atoms with Crippen LogP contribution in [0.5, 0.6) is 0 Å². The fourth-order valence-corrected chi connectivity index (χ4v) is 0. The Labute approximate surface area is 168 Å². The van der Waals surface area contributed by atoms with E-state index in [-0.39, 0.29) is 85.3 Å². The maximum atomic E-state index is 8.52. The molecule has 130 valence electrons. The third kappa shape index (κ3) is 3600. The number of rotatable bonds is 0. The van der Waals surface area contributed by atoms with Gasteiger partial charge < -0.3 is 43.7 Å². The van der Waals surface area contributed by atoms with Crippen LogP contribution in [0.4, 0.5) is 0 Å². The maximum Gasteiger partial charge on any atom is 3.00 e. The van der Waals surface area contributed by atoms with Gasteiger partial charge in [-0.3, -0.25) is 25.3 Å². The second-order valence-electron chi connectivity index (χ2n) is 1.22. The van der Waals surface area contributed by atoms with Crippen LogP contribution in [0.2, 0.25) is 0 Å². The normalized spacial score (nSPS) is 7.91. The van der Waals surface area contributed by atoms with Crippen LogP contribution in [0.25, 0.3) is 0 Å². The Bertz CT molecular complexity index is 352. The summed E-state index contributed by atoms with van der Waals surface area (Å²) in [5.41, 5.74) is 0. The zero-order valence-corrected chi connectivity index (χ0v) is 16.2. The first kappa shape index (κ1) is 65.2. The summed E-state index contributed by atoms with van der Waals surface area (Å²) < 4.78 is 102. The largest absolute Gasteiger partial charge is 3.00 e. The summed E-state index contributed by atoms with van der Waals surface area (Å²) in [6, 6.07) is 0. The molecule has 0 aromatic heterocycles. The summed E-state index contributed by atoms with van der Waals surface area (Å²) in [6.07, 6.45) is 0. The zero-order valence-electron chi connectivity index (χ0n) is 9.21. The monoisotopic (exact) mass is 502 g/mol. The summed E-state index contributed by atoms with van der Waals surface area (Å²) >= 11 is 0. The van der Waals surface area contributed by atoms with Crippen molar-refractivity contribution in [3.8, 4) is 0 Å². The van der Waals surface area contributed by atoms with Crippen molar-refractivity contribution in [2.45, 2.75) is 0 Å². The Balaban J connectivity index is -0.0000000106. The van der Waals surface area contributed by atoms with Crippen LogP contribution < -0.4 is 0 Å². The van der Waals surface area contributed by atoms with Crippen LogP contribution in [0, 0.1) is 0 Å². The molecule has 0 bridgehead atoms. The van der Waals surface area contributed by atoms with Crippen molar-refractivity contribution in [3.05, 3.63) is 0 Å². The molecule has 0 unspecified atom stereocenters. The molecule has 0 saturated heterocycles. The molecule has 0 spiro atoms. The van der Waals surface area contributed by atoms with Gasteiger partial charge >= 0.3 is 68.9 Å². The van der Waals surface area contributed by atoms with E-state index >= 15 is 0 Å². The van der Waals surface area contributed by atoms with Gasteiger partial charge in [-0.25, -0.2) is 0 Å². The molecule has 0 aliphatic carbocycles. The van der Waals surface area contributed by atoms with E-state index < -0.39 is 31.2 Å². The van der Waals surface area contributed by atoms with E-state index in [4.69, 9.17) is 52.6 Å². The van der Waals surface area contributed by atoms with Gasteiger partial charge in [-0.2, -0.15) is 0 Å². The van der Waals surface area contributed by atoms with Gasteiger partial charge in [-0.1, -0.05) is 0 Å². The average Bonchev–Trinajstić information content (AvgIpc) is 1.41. The van der Waals surface area contributed by atoms with Crippen molar-refractivity contribution in [1.82, 2.24) is 0 Å². The first-order valence-electron chi connectivity index (χ1n) is 2.00. The molecule has 0 aromatic carbocycles. The van der Waals surface area contributed by atoms with Gasteiger partial charge in [0.15, 0.2) is 0 Å². The Morgan fingerprint density at radius 2 is 0.409 bits per heavy atom. The number of hydrogen-bond donors (Lipinski definition) is 0. The van der Waals surface area contributed by atoms with E-state index in [0.717, 1.165) is 0 Å².